The van der Waals surface area contributed by atoms with Gasteiger partial charge in [0.2, 0.25) is 0 Å². The molecular formula is C19H29BrN2O4. The van der Waals surface area contributed by atoms with E-state index in [1.807, 2.05) is 39.8 Å². The summed E-state index contributed by atoms with van der Waals surface area (Å²) < 4.78 is 17.5. The molecule has 1 aromatic rings. The first-order valence-corrected chi connectivity index (χ1v) is 9.56. The Hall–Kier alpha value is -1.47. The summed E-state index contributed by atoms with van der Waals surface area (Å²) in [5.74, 6) is 1.58. The molecule has 0 N–H and O–H groups in total. The van der Waals surface area contributed by atoms with E-state index in [1.165, 1.54) is 0 Å². The lowest BCUT2D eigenvalue weighted by molar-refractivity contribution is 0.000398. The molecule has 1 amide bonds. The molecule has 7 heteroatoms. The van der Waals surface area contributed by atoms with Crippen LogP contribution in [0.15, 0.2) is 16.6 Å². The maximum atomic E-state index is 12.4. The second-order valence-corrected chi connectivity index (χ2v) is 8.46. The van der Waals surface area contributed by atoms with Gasteiger partial charge in [0.1, 0.15) is 17.1 Å². The molecular weight excluding hydrogens is 400 g/mol. The predicted octanol–water partition coefficient (Wildman–Crippen LogP) is 3.91. The normalized spacial score (nSPS) is 18.6. The highest BCUT2D eigenvalue weighted by atomic mass is 79.9. The number of carbonyl (C=O) groups excluding carboxylic acids is 1. The number of benzene rings is 1. The Morgan fingerprint density at radius 2 is 1.77 bits per heavy atom. The molecule has 0 aliphatic carbocycles. The van der Waals surface area contributed by atoms with E-state index in [-0.39, 0.29) is 12.1 Å². The Kier molecular flexibility index (Phi) is 6.80. The van der Waals surface area contributed by atoms with Crippen LogP contribution in [-0.4, -0.2) is 61.4 Å². The fourth-order valence-corrected chi connectivity index (χ4v) is 3.52. The summed E-state index contributed by atoms with van der Waals surface area (Å²) in [4.78, 5) is 16.5. The van der Waals surface area contributed by atoms with E-state index in [9.17, 15) is 4.79 Å². The highest BCUT2D eigenvalue weighted by Gasteiger charge is 2.31. The molecule has 1 saturated heterocycles. The Bertz CT molecular complexity index is 620. The number of nitrogens with zero attached hydrogens (tertiary/aromatic N) is 2. The predicted molar refractivity (Wildman–Crippen MR) is 105 cm³/mol. The van der Waals surface area contributed by atoms with E-state index >= 15 is 0 Å². The summed E-state index contributed by atoms with van der Waals surface area (Å²) in [6, 6.07) is 3.96. The van der Waals surface area contributed by atoms with Crippen molar-refractivity contribution in [1.29, 1.82) is 0 Å². The number of carbonyl (C=O) groups is 1. The molecule has 1 aliphatic heterocycles. The Morgan fingerprint density at radius 1 is 1.19 bits per heavy atom. The number of methoxy groups -OCH3 is 2. The van der Waals surface area contributed by atoms with Crippen molar-refractivity contribution in [2.45, 2.75) is 45.9 Å². The molecule has 0 aromatic heterocycles. The summed E-state index contributed by atoms with van der Waals surface area (Å²) in [5.41, 5.74) is 0.530. The van der Waals surface area contributed by atoms with Crippen molar-refractivity contribution in [2.75, 3.05) is 33.9 Å². The van der Waals surface area contributed by atoms with E-state index in [0.717, 1.165) is 34.6 Å². The van der Waals surface area contributed by atoms with Gasteiger partial charge in [0, 0.05) is 36.7 Å². The smallest absolute Gasteiger partial charge is 0.410 e. The highest BCUT2D eigenvalue weighted by Crippen LogP contribution is 2.34. The monoisotopic (exact) mass is 428 g/mol. The van der Waals surface area contributed by atoms with Gasteiger partial charge in [-0.1, -0.05) is 15.9 Å². The number of rotatable bonds is 4. The maximum Gasteiger partial charge on any atom is 0.410 e. The Morgan fingerprint density at radius 3 is 2.23 bits per heavy atom. The number of hydrogen-bond acceptors (Lipinski definition) is 5. The zero-order valence-corrected chi connectivity index (χ0v) is 18.1. The molecule has 1 fully saturated rings. The number of amides is 1. The lowest BCUT2D eigenvalue weighted by Gasteiger charge is -2.40. The highest BCUT2D eigenvalue weighted by molar-refractivity contribution is 9.10. The van der Waals surface area contributed by atoms with E-state index in [1.54, 1.807) is 19.1 Å². The third-order valence-corrected chi connectivity index (χ3v) is 4.75. The zero-order valence-electron chi connectivity index (χ0n) is 16.5. The summed E-state index contributed by atoms with van der Waals surface area (Å²) in [7, 11) is 3.32. The second-order valence-electron chi connectivity index (χ2n) is 7.55. The van der Waals surface area contributed by atoms with Crippen LogP contribution in [0.5, 0.6) is 11.5 Å². The largest absolute Gasteiger partial charge is 0.496 e. The summed E-state index contributed by atoms with van der Waals surface area (Å²) >= 11 is 3.48. The van der Waals surface area contributed by atoms with Crippen LogP contribution in [-0.2, 0) is 11.3 Å². The molecule has 0 bridgehead atoms. The lowest BCUT2D eigenvalue weighted by atomic mass is 10.1. The van der Waals surface area contributed by atoms with Crippen LogP contribution in [0.1, 0.15) is 33.3 Å². The topological polar surface area (TPSA) is 51.2 Å². The maximum absolute atomic E-state index is 12.4. The van der Waals surface area contributed by atoms with E-state index in [4.69, 9.17) is 14.2 Å². The first kappa shape index (κ1) is 20.8. The first-order valence-electron chi connectivity index (χ1n) is 8.77. The van der Waals surface area contributed by atoms with E-state index < -0.39 is 5.60 Å². The quantitative estimate of drug-likeness (QED) is 0.727. The minimum atomic E-state index is -0.480. The minimum absolute atomic E-state index is 0.0750. The third kappa shape index (κ3) is 5.27. The molecule has 26 heavy (non-hydrogen) atoms. The third-order valence-electron chi connectivity index (χ3n) is 4.29. The van der Waals surface area contributed by atoms with Gasteiger partial charge in [-0.15, -0.1) is 0 Å². The minimum Gasteiger partial charge on any atom is -0.496 e. The second kappa shape index (κ2) is 8.48. The van der Waals surface area contributed by atoms with Gasteiger partial charge in [0.25, 0.3) is 0 Å². The molecule has 1 aliphatic rings. The number of halogens is 1. The summed E-state index contributed by atoms with van der Waals surface area (Å²) in [5, 5.41) is 0. The van der Waals surface area contributed by atoms with Crippen molar-refractivity contribution < 1.29 is 19.0 Å². The van der Waals surface area contributed by atoms with Gasteiger partial charge >= 0.3 is 6.09 Å². The van der Waals surface area contributed by atoms with Crippen LogP contribution in [0.2, 0.25) is 0 Å². The molecule has 146 valence electrons. The van der Waals surface area contributed by atoms with Crippen LogP contribution in [0.4, 0.5) is 4.79 Å². The Labute approximate surface area is 164 Å². The van der Waals surface area contributed by atoms with Crippen molar-refractivity contribution in [3.05, 3.63) is 22.2 Å². The average Bonchev–Trinajstić information content (AvgIpc) is 2.54. The van der Waals surface area contributed by atoms with Gasteiger partial charge in [-0.25, -0.2) is 4.79 Å². The van der Waals surface area contributed by atoms with Crippen molar-refractivity contribution in [1.82, 2.24) is 9.80 Å². The summed E-state index contributed by atoms with van der Waals surface area (Å²) in [6.07, 6.45) is -0.247. The first-order chi connectivity index (χ1) is 12.1. The van der Waals surface area contributed by atoms with Gasteiger partial charge in [0.15, 0.2) is 0 Å². The molecule has 2 rings (SSSR count). The average molecular weight is 429 g/mol. The van der Waals surface area contributed by atoms with Crippen LogP contribution < -0.4 is 9.47 Å². The summed E-state index contributed by atoms with van der Waals surface area (Å²) in [6.45, 7) is 10.6. The zero-order chi connectivity index (χ0) is 19.5. The lowest BCUT2D eigenvalue weighted by Crippen LogP contribution is -2.54. The molecule has 0 saturated carbocycles. The van der Waals surface area contributed by atoms with Gasteiger partial charge in [0.05, 0.1) is 19.8 Å². The van der Waals surface area contributed by atoms with Crippen LogP contribution in [0.3, 0.4) is 0 Å². The van der Waals surface area contributed by atoms with Crippen molar-refractivity contribution >= 4 is 22.0 Å². The fourth-order valence-electron chi connectivity index (χ4n) is 3.10. The standard InChI is InChI=1S/C19H29BrN2O4/c1-13-11-21(7-8-22(13)18(23)26-19(2,3)4)12-15-16(24-5)9-14(20)10-17(15)25-6/h9-10,13H,7-8,11-12H2,1-6H3. The molecule has 0 radical (unpaired) electrons. The Balaban J connectivity index is 2.07. The van der Waals surface area contributed by atoms with Gasteiger partial charge in [-0.05, 0) is 39.8 Å². The fraction of sp³-hybridized carbons (Fsp3) is 0.632. The van der Waals surface area contributed by atoms with E-state index in [2.05, 4.69) is 20.8 Å². The van der Waals surface area contributed by atoms with Gasteiger partial charge < -0.3 is 19.1 Å². The van der Waals surface area contributed by atoms with Crippen molar-refractivity contribution in [3.8, 4) is 11.5 Å². The SMILES string of the molecule is COc1cc(Br)cc(OC)c1CN1CCN(C(=O)OC(C)(C)C)C(C)C1. The van der Waals surface area contributed by atoms with Crippen molar-refractivity contribution in [3.63, 3.8) is 0 Å². The van der Waals surface area contributed by atoms with Crippen molar-refractivity contribution in [2.24, 2.45) is 0 Å². The molecule has 1 heterocycles. The molecule has 6 nitrogen and oxygen atoms in total. The van der Waals surface area contributed by atoms with Gasteiger partial charge in [-0.2, -0.15) is 0 Å². The molecule has 1 atom stereocenters. The molecule has 1 unspecified atom stereocenters. The van der Waals surface area contributed by atoms with Crippen LogP contribution in [0.25, 0.3) is 0 Å². The van der Waals surface area contributed by atoms with Gasteiger partial charge in [-0.3, -0.25) is 4.90 Å². The van der Waals surface area contributed by atoms with E-state index in [0.29, 0.717) is 13.1 Å². The number of hydrogen-bond donors (Lipinski definition) is 0. The van der Waals surface area contributed by atoms with Crippen LogP contribution >= 0.6 is 15.9 Å². The van der Waals surface area contributed by atoms with Crippen LogP contribution in [0, 0.1) is 0 Å². The molecule has 1 aromatic carbocycles. The molecule has 0 spiro atoms. The number of ether oxygens (including phenoxy) is 3. The number of piperazine rings is 1.